The Morgan fingerprint density at radius 1 is 1.10 bits per heavy atom. The second-order valence-corrected chi connectivity index (χ2v) is 7.14. The average molecular weight is 433 g/mol. The number of furan rings is 1. The van der Waals surface area contributed by atoms with Crippen molar-refractivity contribution >= 4 is 46.6 Å². The molecule has 2 aromatic carbocycles. The van der Waals surface area contributed by atoms with Crippen LogP contribution in [0, 0.1) is 17.0 Å². The van der Waals surface area contributed by atoms with E-state index in [1.165, 1.54) is 23.1 Å². The molecule has 4 rings (SSSR count). The Morgan fingerprint density at radius 2 is 1.87 bits per heavy atom. The Bertz CT molecular complexity index is 1280. The van der Waals surface area contributed by atoms with Crippen molar-refractivity contribution in [2.75, 3.05) is 4.90 Å². The van der Waals surface area contributed by atoms with Gasteiger partial charge in [-0.15, -0.1) is 0 Å². The van der Waals surface area contributed by atoms with E-state index in [-0.39, 0.29) is 22.1 Å². The molecule has 0 aliphatic carbocycles. The van der Waals surface area contributed by atoms with Crippen LogP contribution in [0.1, 0.15) is 11.3 Å². The lowest BCUT2D eigenvalue weighted by Crippen LogP contribution is -2.54. The minimum atomic E-state index is -0.631. The van der Waals surface area contributed by atoms with Crippen LogP contribution in [0.15, 0.2) is 70.7 Å². The summed E-state index contributed by atoms with van der Waals surface area (Å²) in [5.41, 5.74) is 1.68. The molecule has 1 aromatic heterocycles. The van der Waals surface area contributed by atoms with Gasteiger partial charge in [0, 0.05) is 17.7 Å². The second kappa shape index (κ2) is 7.96. The number of carbonyl (C=O) groups is 2. The summed E-state index contributed by atoms with van der Waals surface area (Å²) in [4.78, 5) is 37.3. The molecule has 0 unspecified atom stereocenters. The quantitative estimate of drug-likeness (QED) is 0.219. The number of nitrogens with zero attached hydrogens (tertiary/aromatic N) is 2. The van der Waals surface area contributed by atoms with Gasteiger partial charge in [0.15, 0.2) is 5.11 Å². The molecule has 8 nitrogen and oxygen atoms in total. The number of nitro benzene ring substituents is 1. The van der Waals surface area contributed by atoms with Crippen molar-refractivity contribution in [2.24, 2.45) is 0 Å². The number of non-ortho nitro benzene ring substituents is 1. The van der Waals surface area contributed by atoms with Crippen molar-refractivity contribution in [3.63, 3.8) is 0 Å². The van der Waals surface area contributed by atoms with E-state index in [0.717, 1.165) is 5.56 Å². The summed E-state index contributed by atoms with van der Waals surface area (Å²) in [6.45, 7) is 1.84. The van der Waals surface area contributed by atoms with Crippen LogP contribution in [-0.4, -0.2) is 21.9 Å². The van der Waals surface area contributed by atoms with E-state index in [1.54, 1.807) is 36.4 Å². The molecule has 31 heavy (non-hydrogen) atoms. The molecule has 0 bridgehead atoms. The van der Waals surface area contributed by atoms with Crippen molar-refractivity contribution in [3.8, 4) is 11.3 Å². The minimum absolute atomic E-state index is 0.00169. The number of para-hydroxylation sites is 1. The first-order valence-corrected chi connectivity index (χ1v) is 9.58. The van der Waals surface area contributed by atoms with Crippen LogP contribution in [0.4, 0.5) is 11.4 Å². The maximum absolute atomic E-state index is 13.1. The van der Waals surface area contributed by atoms with E-state index < -0.39 is 16.7 Å². The van der Waals surface area contributed by atoms with Crippen molar-refractivity contribution < 1.29 is 18.9 Å². The standard InChI is InChI=1S/C22H15N3O5S/c1-13-5-2-3-8-18(13)24-21(27)17(20(26)23-22(24)31)12-16-9-10-19(30-16)14-6-4-7-15(11-14)25(28)29/h2-12H,1H3,(H,23,26,31)/b17-12+. The Kier molecular flexibility index (Phi) is 5.18. The minimum Gasteiger partial charge on any atom is -0.457 e. The fourth-order valence-electron chi connectivity index (χ4n) is 3.19. The zero-order chi connectivity index (χ0) is 22.1. The third-order valence-electron chi connectivity index (χ3n) is 4.71. The van der Waals surface area contributed by atoms with Gasteiger partial charge in [0.1, 0.15) is 17.1 Å². The van der Waals surface area contributed by atoms with Crippen LogP contribution in [0.2, 0.25) is 0 Å². The Labute approximate surface area is 181 Å². The van der Waals surface area contributed by atoms with E-state index in [1.807, 2.05) is 19.1 Å². The molecule has 1 saturated heterocycles. The molecule has 2 amide bonds. The monoisotopic (exact) mass is 433 g/mol. The number of nitro groups is 1. The van der Waals surface area contributed by atoms with Crippen molar-refractivity contribution in [1.29, 1.82) is 0 Å². The summed E-state index contributed by atoms with van der Waals surface area (Å²) in [5.74, 6) is -0.590. The summed E-state index contributed by atoms with van der Waals surface area (Å²) in [7, 11) is 0. The number of thiocarbonyl (C=S) groups is 1. The van der Waals surface area contributed by atoms with Gasteiger partial charge < -0.3 is 4.42 Å². The zero-order valence-corrected chi connectivity index (χ0v) is 17.0. The first-order chi connectivity index (χ1) is 14.8. The summed E-state index contributed by atoms with van der Waals surface area (Å²) < 4.78 is 5.71. The number of anilines is 1. The first-order valence-electron chi connectivity index (χ1n) is 9.17. The topological polar surface area (TPSA) is 106 Å². The van der Waals surface area contributed by atoms with Gasteiger partial charge in [-0.1, -0.05) is 30.3 Å². The molecule has 2 heterocycles. The van der Waals surface area contributed by atoms with Gasteiger partial charge in [0.2, 0.25) is 0 Å². The highest BCUT2D eigenvalue weighted by atomic mass is 32.1. The molecule has 3 aromatic rings. The third kappa shape index (κ3) is 3.86. The van der Waals surface area contributed by atoms with Crippen LogP contribution in [0.25, 0.3) is 17.4 Å². The Hall–Kier alpha value is -4.11. The van der Waals surface area contributed by atoms with E-state index in [2.05, 4.69) is 5.32 Å². The lowest BCUT2D eigenvalue weighted by atomic mass is 10.1. The maximum Gasteiger partial charge on any atom is 0.270 e. The number of hydrogen-bond donors (Lipinski definition) is 1. The van der Waals surface area contributed by atoms with Crippen LogP contribution in [0.5, 0.6) is 0 Å². The van der Waals surface area contributed by atoms with Gasteiger partial charge in [-0.2, -0.15) is 0 Å². The Morgan fingerprint density at radius 3 is 2.61 bits per heavy atom. The third-order valence-corrected chi connectivity index (χ3v) is 5.00. The molecular weight excluding hydrogens is 418 g/mol. The zero-order valence-electron chi connectivity index (χ0n) is 16.2. The lowest BCUT2D eigenvalue weighted by molar-refractivity contribution is -0.384. The highest BCUT2D eigenvalue weighted by Crippen LogP contribution is 2.28. The van der Waals surface area contributed by atoms with Gasteiger partial charge in [0.05, 0.1) is 10.6 Å². The van der Waals surface area contributed by atoms with Gasteiger partial charge in [0.25, 0.3) is 17.5 Å². The first kappa shape index (κ1) is 20.2. The fraction of sp³-hybridized carbons (Fsp3) is 0.0455. The van der Waals surface area contributed by atoms with E-state index in [0.29, 0.717) is 17.0 Å². The van der Waals surface area contributed by atoms with E-state index in [4.69, 9.17) is 16.6 Å². The molecule has 1 aliphatic rings. The number of amides is 2. The molecule has 0 radical (unpaired) electrons. The summed E-state index contributed by atoms with van der Waals surface area (Å²) in [5, 5.41) is 13.5. The predicted molar refractivity (Wildman–Crippen MR) is 118 cm³/mol. The number of rotatable bonds is 4. The molecule has 0 atom stereocenters. The van der Waals surface area contributed by atoms with Crippen LogP contribution in [-0.2, 0) is 9.59 Å². The molecule has 154 valence electrons. The van der Waals surface area contributed by atoms with Crippen LogP contribution in [0.3, 0.4) is 0 Å². The molecule has 1 aliphatic heterocycles. The van der Waals surface area contributed by atoms with E-state index >= 15 is 0 Å². The lowest BCUT2D eigenvalue weighted by Gasteiger charge is -2.29. The molecule has 1 fully saturated rings. The van der Waals surface area contributed by atoms with Crippen molar-refractivity contribution in [2.45, 2.75) is 6.92 Å². The molecule has 9 heteroatoms. The summed E-state index contributed by atoms with van der Waals surface area (Å²) in [6.07, 6.45) is 1.32. The number of carbonyl (C=O) groups excluding carboxylic acids is 2. The van der Waals surface area contributed by atoms with E-state index in [9.17, 15) is 19.7 Å². The highest BCUT2D eigenvalue weighted by Gasteiger charge is 2.35. The highest BCUT2D eigenvalue weighted by molar-refractivity contribution is 7.80. The Balaban J connectivity index is 1.68. The number of hydrogen-bond acceptors (Lipinski definition) is 6. The second-order valence-electron chi connectivity index (χ2n) is 6.75. The summed E-state index contributed by atoms with van der Waals surface area (Å²) >= 11 is 5.21. The smallest absolute Gasteiger partial charge is 0.270 e. The van der Waals surface area contributed by atoms with Crippen molar-refractivity contribution in [3.05, 3.63) is 87.7 Å². The average Bonchev–Trinajstić information content (AvgIpc) is 3.21. The SMILES string of the molecule is Cc1ccccc1N1C(=O)/C(=C/c2ccc(-c3cccc([N+](=O)[O-])c3)o2)C(=O)NC1=S. The predicted octanol–water partition coefficient (Wildman–Crippen LogP) is 3.99. The summed E-state index contributed by atoms with van der Waals surface area (Å²) in [6, 6.07) is 16.3. The molecule has 0 spiro atoms. The largest absolute Gasteiger partial charge is 0.457 e. The fourth-order valence-corrected chi connectivity index (χ4v) is 3.47. The number of benzene rings is 2. The molecular formula is C22H15N3O5S. The van der Waals surface area contributed by atoms with Gasteiger partial charge in [-0.25, -0.2) is 0 Å². The normalized spacial score (nSPS) is 15.3. The number of nitrogens with one attached hydrogen (secondary N) is 1. The van der Waals surface area contributed by atoms with Gasteiger partial charge in [-0.05, 0) is 49.0 Å². The molecule has 1 N–H and O–H groups in total. The molecule has 0 saturated carbocycles. The van der Waals surface area contributed by atoms with Crippen LogP contribution < -0.4 is 10.2 Å². The van der Waals surface area contributed by atoms with Gasteiger partial charge in [-0.3, -0.25) is 29.9 Å². The van der Waals surface area contributed by atoms with Crippen molar-refractivity contribution in [1.82, 2.24) is 5.32 Å². The van der Waals surface area contributed by atoms with Crippen LogP contribution >= 0.6 is 12.2 Å². The number of aryl methyl sites for hydroxylation is 1. The maximum atomic E-state index is 13.1. The van der Waals surface area contributed by atoms with Gasteiger partial charge >= 0.3 is 0 Å².